The number of aliphatic hydroxyl groups excluding tert-OH is 4. The van der Waals surface area contributed by atoms with Crippen LogP contribution < -0.4 is 16.8 Å². The molecule has 0 bridgehead atoms. The van der Waals surface area contributed by atoms with Gasteiger partial charge in [-0.25, -0.2) is 14.3 Å². The van der Waals surface area contributed by atoms with Crippen LogP contribution in [0.5, 0.6) is 5.75 Å². The average molecular weight is 477 g/mol. The van der Waals surface area contributed by atoms with E-state index in [0.717, 1.165) is 10.9 Å². The highest BCUT2D eigenvalue weighted by atomic mass is 16.6. The molecule has 0 spiro atoms. The van der Waals surface area contributed by atoms with E-state index in [4.69, 9.17) is 16.2 Å². The van der Waals surface area contributed by atoms with Crippen LogP contribution in [0.15, 0.2) is 6.20 Å². The highest BCUT2D eigenvalue weighted by Crippen LogP contribution is 2.32. The van der Waals surface area contributed by atoms with Gasteiger partial charge < -0.3 is 56.9 Å². The van der Waals surface area contributed by atoms with Crippen molar-refractivity contribution in [2.24, 2.45) is 11.5 Å². The number of carbonyl (C=O) groups excluding carboxylic acids is 3. The minimum atomic E-state index is -2.01. The van der Waals surface area contributed by atoms with Crippen molar-refractivity contribution in [3.8, 4) is 5.75 Å². The SMILES string of the molecule is NC(=O)OCC(O)C(O)C(N)C(=O)NC(C(=O)O)C1OC(n2cc(O)c(C=O)n2)C(O)C1O. The third-order valence-electron chi connectivity index (χ3n) is 4.74. The molecule has 1 aliphatic heterocycles. The van der Waals surface area contributed by atoms with E-state index in [1.807, 2.05) is 5.32 Å². The second-order valence-electron chi connectivity index (χ2n) is 7.01. The Labute approximate surface area is 184 Å². The summed E-state index contributed by atoms with van der Waals surface area (Å²) in [4.78, 5) is 45.4. The molecule has 0 aliphatic carbocycles. The number of hydrogen-bond acceptors (Lipinski definition) is 13. The zero-order valence-corrected chi connectivity index (χ0v) is 16.7. The minimum Gasteiger partial charge on any atom is -0.504 e. The van der Waals surface area contributed by atoms with E-state index >= 15 is 0 Å². The summed E-state index contributed by atoms with van der Waals surface area (Å²) in [5, 5.41) is 64.8. The number of rotatable bonds is 10. The molecule has 1 aromatic rings. The van der Waals surface area contributed by atoms with E-state index in [1.54, 1.807) is 0 Å². The van der Waals surface area contributed by atoms with Gasteiger partial charge in [0.05, 0.1) is 6.20 Å². The Morgan fingerprint density at radius 1 is 1.30 bits per heavy atom. The molecule has 17 nitrogen and oxygen atoms in total. The number of aliphatic carboxylic acids is 1. The van der Waals surface area contributed by atoms with Crippen molar-refractivity contribution in [3.05, 3.63) is 11.9 Å². The van der Waals surface area contributed by atoms with Crippen molar-refractivity contribution in [2.45, 2.75) is 48.8 Å². The molecule has 0 saturated carbocycles. The van der Waals surface area contributed by atoms with Gasteiger partial charge in [-0.2, -0.15) is 5.10 Å². The molecule has 2 amide bonds. The molecular weight excluding hydrogens is 454 g/mol. The summed E-state index contributed by atoms with van der Waals surface area (Å²) in [5.74, 6) is -3.60. The molecular formula is C16H23N5O12. The molecule has 33 heavy (non-hydrogen) atoms. The third-order valence-corrected chi connectivity index (χ3v) is 4.74. The number of amides is 2. The van der Waals surface area contributed by atoms with Crippen molar-refractivity contribution < 1.29 is 59.3 Å². The van der Waals surface area contributed by atoms with Gasteiger partial charge in [0, 0.05) is 0 Å². The van der Waals surface area contributed by atoms with Crippen LogP contribution in [-0.2, 0) is 19.1 Å². The molecule has 1 fully saturated rings. The molecule has 8 unspecified atom stereocenters. The summed E-state index contributed by atoms with van der Waals surface area (Å²) in [6.07, 6.45) is -11.0. The molecule has 1 saturated heterocycles. The molecule has 1 aliphatic rings. The number of nitrogens with zero attached hydrogens (tertiary/aromatic N) is 2. The highest BCUT2D eigenvalue weighted by molar-refractivity contribution is 5.87. The third kappa shape index (κ3) is 5.72. The van der Waals surface area contributed by atoms with E-state index in [2.05, 4.69) is 9.84 Å². The van der Waals surface area contributed by atoms with Crippen LogP contribution in [0.3, 0.4) is 0 Å². The Morgan fingerprint density at radius 3 is 2.45 bits per heavy atom. The Bertz CT molecular complexity index is 893. The quantitative estimate of drug-likeness (QED) is 0.142. The van der Waals surface area contributed by atoms with E-state index < -0.39 is 84.9 Å². The summed E-state index contributed by atoms with van der Waals surface area (Å²) in [7, 11) is 0. The zero-order chi connectivity index (χ0) is 25.0. The predicted octanol–water partition coefficient (Wildman–Crippen LogP) is -5.27. The van der Waals surface area contributed by atoms with Crippen LogP contribution in [0, 0.1) is 0 Å². The zero-order valence-electron chi connectivity index (χ0n) is 16.7. The van der Waals surface area contributed by atoms with Crippen LogP contribution in [0.1, 0.15) is 16.7 Å². The van der Waals surface area contributed by atoms with Crippen molar-refractivity contribution in [1.29, 1.82) is 0 Å². The van der Waals surface area contributed by atoms with Gasteiger partial charge in [0.1, 0.15) is 43.2 Å². The van der Waals surface area contributed by atoms with Crippen LogP contribution in [0.2, 0.25) is 0 Å². The monoisotopic (exact) mass is 477 g/mol. The molecule has 11 N–H and O–H groups in total. The fourth-order valence-corrected chi connectivity index (χ4v) is 2.98. The number of ether oxygens (including phenoxy) is 2. The van der Waals surface area contributed by atoms with Crippen LogP contribution >= 0.6 is 0 Å². The fourth-order valence-electron chi connectivity index (χ4n) is 2.98. The first-order valence-corrected chi connectivity index (χ1v) is 9.21. The van der Waals surface area contributed by atoms with Gasteiger partial charge in [-0.15, -0.1) is 0 Å². The first-order valence-electron chi connectivity index (χ1n) is 9.21. The number of nitrogens with one attached hydrogen (secondary N) is 1. The average Bonchev–Trinajstić information content (AvgIpc) is 3.27. The fraction of sp³-hybridized carbons (Fsp3) is 0.562. The lowest BCUT2D eigenvalue weighted by Crippen LogP contribution is -2.60. The molecule has 2 rings (SSSR count). The number of aliphatic hydroxyl groups is 4. The lowest BCUT2D eigenvalue weighted by molar-refractivity contribution is -0.150. The maximum Gasteiger partial charge on any atom is 0.404 e. The van der Waals surface area contributed by atoms with Gasteiger partial charge >= 0.3 is 12.1 Å². The van der Waals surface area contributed by atoms with Gasteiger partial charge in [0.15, 0.2) is 30.0 Å². The summed E-state index contributed by atoms with van der Waals surface area (Å²) < 4.78 is 10.4. The summed E-state index contributed by atoms with van der Waals surface area (Å²) >= 11 is 0. The Balaban J connectivity index is 2.13. The number of carbonyl (C=O) groups is 4. The number of primary amides is 1. The van der Waals surface area contributed by atoms with Gasteiger partial charge in [0.2, 0.25) is 5.91 Å². The number of carboxylic acids is 1. The molecule has 2 heterocycles. The van der Waals surface area contributed by atoms with Gasteiger partial charge in [0.25, 0.3) is 0 Å². The summed E-state index contributed by atoms with van der Waals surface area (Å²) in [6, 6.07) is -3.94. The van der Waals surface area contributed by atoms with Crippen molar-refractivity contribution >= 4 is 24.3 Å². The molecule has 184 valence electrons. The van der Waals surface area contributed by atoms with E-state index in [0.29, 0.717) is 0 Å². The van der Waals surface area contributed by atoms with Gasteiger partial charge in [-0.1, -0.05) is 0 Å². The molecule has 17 heteroatoms. The number of aromatic hydroxyl groups is 1. The van der Waals surface area contributed by atoms with Crippen molar-refractivity contribution in [3.63, 3.8) is 0 Å². The maximum atomic E-state index is 12.3. The van der Waals surface area contributed by atoms with Crippen LogP contribution in [-0.4, -0.2) is 114 Å². The number of carboxylic acid groups (broad SMARTS) is 1. The number of hydrogen-bond donors (Lipinski definition) is 9. The smallest absolute Gasteiger partial charge is 0.404 e. The largest absolute Gasteiger partial charge is 0.504 e. The highest BCUT2D eigenvalue weighted by Gasteiger charge is 2.50. The normalized spacial score (nSPS) is 26.1. The standard InChI is InChI=1S/C16H23N5O12/c17-7(9(25)6(24)3-32-16(18)31)13(28)19-8(15(29)30)12-10(26)11(27)14(33-12)21-1-5(23)4(2-22)20-21/h1-2,6-12,14,23-27H,3,17H2,(H2,18,31)(H,19,28)(H,29,30). The van der Waals surface area contributed by atoms with Crippen molar-refractivity contribution in [1.82, 2.24) is 15.1 Å². The topological polar surface area (TPSA) is 290 Å². The molecule has 0 radical (unpaired) electrons. The Hall–Kier alpha value is -3.35. The second-order valence-corrected chi connectivity index (χ2v) is 7.01. The molecule has 1 aromatic heterocycles. The predicted molar refractivity (Wildman–Crippen MR) is 100 cm³/mol. The van der Waals surface area contributed by atoms with E-state index in [-0.39, 0.29) is 6.29 Å². The van der Waals surface area contributed by atoms with Gasteiger partial charge in [-0.05, 0) is 0 Å². The second kappa shape index (κ2) is 10.5. The maximum absolute atomic E-state index is 12.3. The first-order chi connectivity index (χ1) is 15.4. The van der Waals surface area contributed by atoms with Gasteiger partial charge in [-0.3, -0.25) is 9.59 Å². The molecule has 8 atom stereocenters. The molecule has 0 aromatic carbocycles. The Morgan fingerprint density at radius 2 is 1.94 bits per heavy atom. The van der Waals surface area contributed by atoms with E-state index in [1.165, 1.54) is 0 Å². The lowest BCUT2D eigenvalue weighted by atomic mass is 10.0. The minimum absolute atomic E-state index is 0.205. The lowest BCUT2D eigenvalue weighted by Gasteiger charge is -2.27. The Kier molecular flexibility index (Phi) is 8.25. The summed E-state index contributed by atoms with van der Waals surface area (Å²) in [5.41, 5.74) is 9.82. The van der Waals surface area contributed by atoms with E-state index in [9.17, 15) is 49.8 Å². The van der Waals surface area contributed by atoms with Crippen LogP contribution in [0.4, 0.5) is 4.79 Å². The number of nitrogens with two attached hydrogens (primary N) is 2. The number of aldehydes is 1. The summed E-state index contributed by atoms with van der Waals surface area (Å²) in [6.45, 7) is -0.808. The van der Waals surface area contributed by atoms with Crippen LogP contribution in [0.25, 0.3) is 0 Å². The number of aromatic nitrogens is 2. The first kappa shape index (κ1) is 25.9. The van der Waals surface area contributed by atoms with Crippen molar-refractivity contribution in [2.75, 3.05) is 6.61 Å².